The van der Waals surface area contributed by atoms with Gasteiger partial charge in [-0.1, -0.05) is 48.0 Å². The minimum atomic E-state index is -0.817. The van der Waals surface area contributed by atoms with Crippen molar-refractivity contribution in [1.82, 2.24) is 15.1 Å². The third-order valence-corrected chi connectivity index (χ3v) is 7.81. The number of carbonyl (C=O) groups excluding carboxylic acids is 2. The SMILES string of the molecule is CC1=C(C(=O)OC(C)C)C(c2cn(-c3ccccc3)nc2-c2ccc(OCc3ccccc3Cl)cc2)C(C(=O)OC(C)C)=C(C)N1. The van der Waals surface area contributed by atoms with E-state index in [4.69, 9.17) is 30.9 Å². The Labute approximate surface area is 274 Å². The van der Waals surface area contributed by atoms with Crippen LogP contribution in [-0.2, 0) is 25.7 Å². The number of carbonyl (C=O) groups is 2. The highest BCUT2D eigenvalue weighted by Crippen LogP contribution is 2.43. The van der Waals surface area contributed by atoms with Gasteiger partial charge in [-0.25, -0.2) is 14.3 Å². The van der Waals surface area contributed by atoms with E-state index in [1.54, 1.807) is 32.4 Å². The van der Waals surface area contributed by atoms with Crippen LogP contribution in [0.25, 0.3) is 16.9 Å². The Kier molecular flexibility index (Phi) is 9.97. The molecule has 8 nitrogen and oxygen atoms in total. The van der Waals surface area contributed by atoms with Crippen molar-refractivity contribution in [2.45, 2.75) is 66.3 Å². The monoisotopic (exact) mass is 639 g/mol. The second-order valence-corrected chi connectivity index (χ2v) is 12.1. The van der Waals surface area contributed by atoms with Crippen molar-refractivity contribution in [3.63, 3.8) is 0 Å². The van der Waals surface area contributed by atoms with E-state index in [0.717, 1.165) is 16.8 Å². The Hall–Kier alpha value is -4.82. The summed E-state index contributed by atoms with van der Waals surface area (Å²) in [7, 11) is 0. The van der Waals surface area contributed by atoms with Crippen molar-refractivity contribution in [2.24, 2.45) is 0 Å². The van der Waals surface area contributed by atoms with Crippen LogP contribution in [-0.4, -0.2) is 33.9 Å². The molecule has 0 spiro atoms. The van der Waals surface area contributed by atoms with Crippen LogP contribution in [0.4, 0.5) is 0 Å². The Morgan fingerprint density at radius 2 is 1.39 bits per heavy atom. The average Bonchev–Trinajstić information content (AvgIpc) is 3.45. The van der Waals surface area contributed by atoms with Gasteiger partial charge in [-0.15, -0.1) is 0 Å². The molecule has 0 bridgehead atoms. The van der Waals surface area contributed by atoms with Gasteiger partial charge in [0.05, 0.1) is 40.7 Å². The van der Waals surface area contributed by atoms with Crippen molar-refractivity contribution in [3.05, 3.63) is 124 Å². The summed E-state index contributed by atoms with van der Waals surface area (Å²) in [6, 6.07) is 24.8. The van der Waals surface area contributed by atoms with Crippen molar-refractivity contribution in [2.75, 3.05) is 0 Å². The van der Waals surface area contributed by atoms with Gasteiger partial charge < -0.3 is 19.5 Å². The van der Waals surface area contributed by atoms with Crippen LogP contribution in [0.15, 0.2) is 108 Å². The van der Waals surface area contributed by atoms with E-state index < -0.39 is 17.9 Å². The van der Waals surface area contributed by atoms with E-state index in [-0.39, 0.29) is 12.2 Å². The molecule has 5 rings (SSSR count). The summed E-state index contributed by atoms with van der Waals surface area (Å²) in [5.41, 5.74) is 5.56. The standard InChI is InChI=1S/C37H38ClN3O5/c1-22(2)45-36(42)32-24(5)39-25(6)33(37(43)46-23(3)4)34(32)30-20-41(28-13-8-7-9-14-28)40-35(30)26-16-18-29(19-17-26)44-21-27-12-10-11-15-31(27)38/h7-20,22-23,34,39H,21H2,1-6H3. The third-order valence-electron chi connectivity index (χ3n) is 7.44. The molecule has 0 amide bonds. The number of nitrogens with zero attached hydrogens (tertiary/aromatic N) is 2. The Morgan fingerprint density at radius 3 is 1.96 bits per heavy atom. The number of halogens is 1. The number of aromatic nitrogens is 2. The molecule has 4 aromatic rings. The maximum atomic E-state index is 13.7. The maximum absolute atomic E-state index is 13.7. The fourth-order valence-corrected chi connectivity index (χ4v) is 5.61. The van der Waals surface area contributed by atoms with Gasteiger partial charge in [0.2, 0.25) is 0 Å². The normalized spacial score (nSPS) is 13.7. The summed E-state index contributed by atoms with van der Waals surface area (Å²) in [6.45, 7) is 11.1. The molecule has 0 fully saturated rings. The van der Waals surface area contributed by atoms with E-state index in [1.807, 2.05) is 98.9 Å². The number of dihydropyridines is 1. The number of nitrogens with one attached hydrogen (secondary N) is 1. The predicted octanol–water partition coefficient (Wildman–Crippen LogP) is 7.91. The number of esters is 2. The summed E-state index contributed by atoms with van der Waals surface area (Å²) in [6.07, 6.45) is 1.14. The smallest absolute Gasteiger partial charge is 0.337 e. The molecule has 3 aromatic carbocycles. The fourth-order valence-electron chi connectivity index (χ4n) is 5.42. The molecule has 1 N–H and O–H groups in total. The van der Waals surface area contributed by atoms with Crippen LogP contribution in [0, 0.1) is 0 Å². The molecule has 1 aromatic heterocycles. The molecule has 0 unspecified atom stereocenters. The number of rotatable bonds is 10. The Bertz CT molecular complexity index is 1750. The molecule has 0 saturated heterocycles. The van der Waals surface area contributed by atoms with Gasteiger partial charge >= 0.3 is 11.9 Å². The van der Waals surface area contributed by atoms with Gasteiger partial charge in [0.1, 0.15) is 12.4 Å². The quantitative estimate of drug-likeness (QED) is 0.176. The first kappa shape index (κ1) is 32.6. The lowest BCUT2D eigenvalue weighted by Crippen LogP contribution is -2.33. The minimum absolute atomic E-state index is 0.318. The van der Waals surface area contributed by atoms with Gasteiger partial charge in [-0.2, -0.15) is 5.10 Å². The molecule has 1 aliphatic heterocycles. The summed E-state index contributed by atoms with van der Waals surface area (Å²) >= 11 is 6.32. The highest BCUT2D eigenvalue weighted by Gasteiger charge is 2.41. The van der Waals surface area contributed by atoms with Crippen molar-refractivity contribution >= 4 is 23.5 Å². The number of allylic oxidation sites excluding steroid dienone is 2. The molecule has 1 aliphatic rings. The molecular weight excluding hydrogens is 602 g/mol. The molecule has 0 aliphatic carbocycles. The Morgan fingerprint density at radius 1 is 0.826 bits per heavy atom. The van der Waals surface area contributed by atoms with Crippen LogP contribution in [0.3, 0.4) is 0 Å². The second kappa shape index (κ2) is 14.1. The molecule has 46 heavy (non-hydrogen) atoms. The first-order valence-corrected chi connectivity index (χ1v) is 15.6. The molecule has 238 valence electrons. The van der Waals surface area contributed by atoms with Gasteiger partial charge in [0, 0.05) is 39.3 Å². The first-order valence-electron chi connectivity index (χ1n) is 15.3. The lowest BCUT2D eigenvalue weighted by molar-refractivity contribution is -0.143. The highest BCUT2D eigenvalue weighted by atomic mass is 35.5. The maximum Gasteiger partial charge on any atom is 0.337 e. The van der Waals surface area contributed by atoms with Crippen LogP contribution < -0.4 is 10.1 Å². The number of ether oxygens (including phenoxy) is 3. The van der Waals surface area contributed by atoms with Crippen molar-refractivity contribution in [1.29, 1.82) is 0 Å². The zero-order valence-electron chi connectivity index (χ0n) is 26.8. The van der Waals surface area contributed by atoms with E-state index >= 15 is 0 Å². The van der Waals surface area contributed by atoms with E-state index in [9.17, 15) is 9.59 Å². The van der Waals surface area contributed by atoms with Crippen molar-refractivity contribution in [3.8, 4) is 22.7 Å². The van der Waals surface area contributed by atoms with Crippen LogP contribution in [0.1, 0.15) is 58.6 Å². The molecule has 0 atom stereocenters. The number of para-hydroxylation sites is 1. The summed E-state index contributed by atoms with van der Waals surface area (Å²) in [4.78, 5) is 27.5. The number of hydrogen-bond acceptors (Lipinski definition) is 7. The molecule has 2 heterocycles. The fraction of sp³-hybridized carbons (Fsp3) is 0.270. The van der Waals surface area contributed by atoms with Crippen LogP contribution in [0.2, 0.25) is 5.02 Å². The number of benzene rings is 3. The number of hydrogen-bond donors (Lipinski definition) is 1. The minimum Gasteiger partial charge on any atom is -0.489 e. The van der Waals surface area contributed by atoms with Crippen molar-refractivity contribution < 1.29 is 23.8 Å². The molecule has 9 heteroatoms. The molecule has 0 radical (unpaired) electrons. The van der Waals surface area contributed by atoms with Gasteiger partial charge in [0.15, 0.2) is 0 Å². The summed E-state index contributed by atoms with van der Waals surface area (Å²) < 4.78 is 19.2. The largest absolute Gasteiger partial charge is 0.489 e. The second-order valence-electron chi connectivity index (χ2n) is 11.7. The lowest BCUT2D eigenvalue weighted by Gasteiger charge is -2.31. The van der Waals surface area contributed by atoms with Gasteiger partial charge in [0.25, 0.3) is 0 Å². The highest BCUT2D eigenvalue weighted by molar-refractivity contribution is 6.31. The summed E-state index contributed by atoms with van der Waals surface area (Å²) in [5.74, 6) is -1.20. The lowest BCUT2D eigenvalue weighted by atomic mass is 9.79. The average molecular weight is 640 g/mol. The predicted molar refractivity (Wildman–Crippen MR) is 179 cm³/mol. The van der Waals surface area contributed by atoms with Gasteiger partial charge in [-0.3, -0.25) is 0 Å². The first-order chi connectivity index (χ1) is 22.0. The zero-order chi connectivity index (χ0) is 33.0. The molecular formula is C37H38ClN3O5. The summed E-state index contributed by atoms with van der Waals surface area (Å²) in [5, 5.41) is 8.88. The topological polar surface area (TPSA) is 91.7 Å². The van der Waals surface area contributed by atoms with E-state index in [0.29, 0.717) is 51.2 Å². The third kappa shape index (κ3) is 7.18. The molecule has 0 saturated carbocycles. The van der Waals surface area contributed by atoms with Gasteiger partial charge in [-0.05, 0) is 84.0 Å². The zero-order valence-corrected chi connectivity index (χ0v) is 27.6. The van der Waals surface area contributed by atoms with E-state index in [2.05, 4.69) is 5.32 Å². The van der Waals surface area contributed by atoms with E-state index in [1.165, 1.54) is 0 Å². The van der Waals surface area contributed by atoms with Crippen LogP contribution in [0.5, 0.6) is 5.75 Å². The Balaban J connectivity index is 1.64. The van der Waals surface area contributed by atoms with Crippen LogP contribution >= 0.6 is 11.6 Å².